The molecule has 0 unspecified atom stereocenters. The van der Waals surface area contributed by atoms with E-state index in [1.807, 2.05) is 26.0 Å². The summed E-state index contributed by atoms with van der Waals surface area (Å²) in [6.07, 6.45) is 1.95. The van der Waals surface area contributed by atoms with Gasteiger partial charge in [-0.15, -0.1) is 10.2 Å². The molecule has 9 heteroatoms. The first-order valence-corrected chi connectivity index (χ1v) is 12.8. The molecule has 0 fully saturated rings. The van der Waals surface area contributed by atoms with Crippen LogP contribution in [0.25, 0.3) is 10.8 Å². The molecule has 1 N–H and O–H groups in total. The summed E-state index contributed by atoms with van der Waals surface area (Å²) in [6, 6.07) is 12.1. The summed E-state index contributed by atoms with van der Waals surface area (Å²) in [5.41, 5.74) is 1.26. The molecule has 172 valence electrons. The molecular formula is C23H31N5O3S. The third-order valence-corrected chi connectivity index (χ3v) is 6.70. The lowest BCUT2D eigenvalue weighted by molar-refractivity contribution is 0.269. The average Bonchev–Trinajstić information content (AvgIpc) is 3.05. The topological polar surface area (TPSA) is 89.3 Å². The van der Waals surface area contributed by atoms with Crippen LogP contribution in [0.4, 0.5) is 0 Å². The Morgan fingerprint density at radius 3 is 2.50 bits per heavy atom. The molecule has 0 amide bonds. The maximum absolute atomic E-state index is 11.9. The molecule has 1 aromatic heterocycles. The van der Waals surface area contributed by atoms with Crippen molar-refractivity contribution in [2.24, 2.45) is 5.92 Å². The van der Waals surface area contributed by atoms with Gasteiger partial charge in [0.2, 0.25) is 10.0 Å². The zero-order chi connectivity index (χ0) is 22.9. The molecule has 32 heavy (non-hydrogen) atoms. The zero-order valence-electron chi connectivity index (χ0n) is 19.1. The minimum Gasteiger partial charge on any atom is -0.496 e. The summed E-state index contributed by atoms with van der Waals surface area (Å²) in [7, 11) is -1.66. The van der Waals surface area contributed by atoms with Crippen molar-refractivity contribution >= 4 is 20.8 Å². The van der Waals surface area contributed by atoms with Crippen LogP contribution < -0.4 is 9.46 Å². The lowest BCUT2D eigenvalue weighted by Gasteiger charge is -2.23. The number of ether oxygens (including phenoxy) is 1. The van der Waals surface area contributed by atoms with Crippen LogP contribution in [0, 0.1) is 5.92 Å². The van der Waals surface area contributed by atoms with Gasteiger partial charge in [-0.1, -0.05) is 44.2 Å². The number of hydrogen-bond acceptors (Lipinski definition) is 6. The van der Waals surface area contributed by atoms with E-state index in [4.69, 9.17) is 4.74 Å². The van der Waals surface area contributed by atoms with Crippen LogP contribution in [0.2, 0.25) is 0 Å². The van der Waals surface area contributed by atoms with E-state index in [-0.39, 0.29) is 5.92 Å². The SMILES string of the molecule is COc1ccc(CN2CCc3nnc([C@@H](NS(C)(=O)=O)C(C)C)n3CC2)c2ccccc12. The molecule has 1 atom stereocenters. The van der Waals surface area contributed by atoms with Gasteiger partial charge >= 0.3 is 0 Å². The molecule has 1 aliphatic heterocycles. The lowest BCUT2D eigenvalue weighted by atomic mass is 10.0. The number of hydrogen-bond donors (Lipinski definition) is 1. The highest BCUT2D eigenvalue weighted by Gasteiger charge is 2.28. The third-order valence-electron chi connectivity index (χ3n) is 6.02. The molecule has 0 saturated heterocycles. The molecular weight excluding hydrogens is 426 g/mol. The van der Waals surface area contributed by atoms with E-state index in [2.05, 4.69) is 48.7 Å². The first kappa shape index (κ1) is 22.7. The molecule has 1 aliphatic rings. The summed E-state index contributed by atoms with van der Waals surface area (Å²) in [6.45, 7) is 7.23. The van der Waals surface area contributed by atoms with Gasteiger partial charge < -0.3 is 9.30 Å². The molecule has 3 aromatic rings. The van der Waals surface area contributed by atoms with Crippen LogP contribution in [-0.4, -0.2) is 54.5 Å². The van der Waals surface area contributed by atoms with Crippen molar-refractivity contribution in [3.8, 4) is 5.75 Å². The van der Waals surface area contributed by atoms with E-state index < -0.39 is 16.1 Å². The summed E-state index contributed by atoms with van der Waals surface area (Å²) in [5.74, 6) is 2.54. The van der Waals surface area contributed by atoms with E-state index in [1.54, 1.807) is 7.11 Å². The van der Waals surface area contributed by atoms with Crippen LogP contribution in [0.1, 0.15) is 37.1 Å². The summed E-state index contributed by atoms with van der Waals surface area (Å²) in [4.78, 5) is 2.42. The fourth-order valence-electron chi connectivity index (χ4n) is 4.39. The number of sulfonamides is 1. The molecule has 0 aliphatic carbocycles. The van der Waals surface area contributed by atoms with Crippen molar-refractivity contribution in [1.29, 1.82) is 0 Å². The number of nitrogens with zero attached hydrogens (tertiary/aromatic N) is 4. The standard InChI is InChI=1S/C23H31N5O3S/c1-16(2)22(26-32(4,29)30)23-25-24-21-11-12-27(13-14-28(21)23)15-17-9-10-20(31-3)19-8-6-5-7-18(17)19/h5-10,16,22,26H,11-15H2,1-4H3/t22-/m0/s1. The molecule has 0 radical (unpaired) electrons. The Labute approximate surface area is 189 Å². The fourth-order valence-corrected chi connectivity index (χ4v) is 5.22. The van der Waals surface area contributed by atoms with Gasteiger partial charge in [-0.05, 0) is 22.9 Å². The van der Waals surface area contributed by atoms with Crippen molar-refractivity contribution in [1.82, 2.24) is 24.4 Å². The van der Waals surface area contributed by atoms with Crippen molar-refractivity contribution in [2.75, 3.05) is 26.5 Å². The van der Waals surface area contributed by atoms with Gasteiger partial charge in [0.05, 0.1) is 19.4 Å². The predicted molar refractivity (Wildman–Crippen MR) is 125 cm³/mol. The Bertz CT molecular complexity index is 1210. The first-order chi connectivity index (χ1) is 15.3. The molecule has 4 rings (SSSR count). The maximum Gasteiger partial charge on any atom is 0.209 e. The van der Waals surface area contributed by atoms with E-state index >= 15 is 0 Å². The van der Waals surface area contributed by atoms with Crippen molar-refractivity contribution in [3.05, 3.63) is 53.6 Å². The second-order valence-electron chi connectivity index (χ2n) is 8.74. The second kappa shape index (κ2) is 9.17. The Kier molecular flexibility index (Phi) is 6.50. The first-order valence-electron chi connectivity index (χ1n) is 10.9. The van der Waals surface area contributed by atoms with E-state index in [0.717, 1.165) is 49.6 Å². The number of methoxy groups -OCH3 is 1. The summed E-state index contributed by atoms with van der Waals surface area (Å²) in [5, 5.41) is 11.1. The molecule has 0 spiro atoms. The Balaban J connectivity index is 1.55. The third kappa shape index (κ3) is 4.79. The maximum atomic E-state index is 11.9. The highest BCUT2D eigenvalue weighted by molar-refractivity contribution is 7.88. The van der Waals surface area contributed by atoms with Gasteiger partial charge in [-0.2, -0.15) is 0 Å². The van der Waals surface area contributed by atoms with Gasteiger partial charge in [-0.3, -0.25) is 4.90 Å². The van der Waals surface area contributed by atoms with Crippen LogP contribution in [0.5, 0.6) is 5.75 Å². The van der Waals surface area contributed by atoms with Crippen LogP contribution >= 0.6 is 0 Å². The van der Waals surface area contributed by atoms with Gasteiger partial charge in [0.1, 0.15) is 11.6 Å². The monoisotopic (exact) mass is 457 g/mol. The Morgan fingerprint density at radius 2 is 1.81 bits per heavy atom. The zero-order valence-corrected chi connectivity index (χ0v) is 19.9. The van der Waals surface area contributed by atoms with Gasteiger partial charge in [-0.25, -0.2) is 13.1 Å². The largest absolute Gasteiger partial charge is 0.496 e. The van der Waals surface area contributed by atoms with Crippen molar-refractivity contribution < 1.29 is 13.2 Å². The minimum absolute atomic E-state index is 0.0584. The number of fused-ring (bicyclic) bond motifs is 2. The van der Waals surface area contributed by atoms with Crippen LogP contribution in [0.15, 0.2) is 36.4 Å². The van der Waals surface area contributed by atoms with Crippen molar-refractivity contribution in [2.45, 2.75) is 39.4 Å². The molecule has 0 saturated carbocycles. The molecule has 2 aromatic carbocycles. The fraction of sp³-hybridized carbons (Fsp3) is 0.478. The predicted octanol–water partition coefficient (Wildman–Crippen LogP) is 2.74. The van der Waals surface area contributed by atoms with E-state index in [0.29, 0.717) is 5.82 Å². The molecule has 0 bridgehead atoms. The number of aromatic nitrogens is 3. The smallest absolute Gasteiger partial charge is 0.209 e. The molecule has 2 heterocycles. The van der Waals surface area contributed by atoms with E-state index in [1.165, 1.54) is 17.2 Å². The van der Waals surface area contributed by atoms with Gasteiger partial charge in [0.15, 0.2) is 5.82 Å². The average molecular weight is 458 g/mol. The Hall–Kier alpha value is -2.49. The van der Waals surface area contributed by atoms with Crippen LogP contribution in [-0.2, 0) is 29.5 Å². The number of benzene rings is 2. The summed E-state index contributed by atoms with van der Waals surface area (Å²) < 4.78 is 34.2. The highest BCUT2D eigenvalue weighted by Crippen LogP contribution is 2.29. The number of nitrogens with one attached hydrogen (secondary N) is 1. The number of rotatable bonds is 7. The molecule has 8 nitrogen and oxygen atoms in total. The quantitative estimate of drug-likeness (QED) is 0.587. The minimum atomic E-state index is -3.36. The van der Waals surface area contributed by atoms with Crippen LogP contribution in [0.3, 0.4) is 0 Å². The lowest BCUT2D eigenvalue weighted by Crippen LogP contribution is -2.33. The van der Waals surface area contributed by atoms with Gasteiger partial charge in [0, 0.05) is 38.0 Å². The van der Waals surface area contributed by atoms with Gasteiger partial charge in [0.25, 0.3) is 0 Å². The highest BCUT2D eigenvalue weighted by atomic mass is 32.2. The van der Waals surface area contributed by atoms with Crippen molar-refractivity contribution in [3.63, 3.8) is 0 Å². The van der Waals surface area contributed by atoms with E-state index in [9.17, 15) is 8.42 Å². The Morgan fingerprint density at radius 1 is 1.06 bits per heavy atom. The second-order valence-corrected chi connectivity index (χ2v) is 10.5. The summed E-state index contributed by atoms with van der Waals surface area (Å²) >= 11 is 0. The normalized spacial score (nSPS) is 16.2.